The number of carbonyl (C=O) groups is 1. The van der Waals surface area contributed by atoms with Gasteiger partial charge < -0.3 is 9.47 Å². The minimum Gasteiger partial charge on any atom is -0.345 e. The van der Waals surface area contributed by atoms with E-state index >= 15 is 0 Å². The van der Waals surface area contributed by atoms with Crippen LogP contribution in [0.2, 0.25) is 0 Å². The van der Waals surface area contributed by atoms with Gasteiger partial charge in [-0.1, -0.05) is 0 Å². The average molecular weight is 365 g/mol. The van der Waals surface area contributed by atoms with Crippen LogP contribution in [0.25, 0.3) is 0 Å². The summed E-state index contributed by atoms with van der Waals surface area (Å²) in [6, 6.07) is 1.88. The van der Waals surface area contributed by atoms with Gasteiger partial charge in [-0.3, -0.25) is 4.79 Å². The fourth-order valence-electron chi connectivity index (χ4n) is 4.17. The third kappa shape index (κ3) is 3.12. The molecule has 3 aliphatic rings. The van der Waals surface area contributed by atoms with E-state index < -0.39 is 10.0 Å². The first-order chi connectivity index (χ1) is 11.9. The molecule has 0 N–H and O–H groups in total. The third-order valence-corrected chi connectivity index (χ3v) is 7.74. The number of aromatic nitrogens is 1. The number of amides is 1. The molecule has 2 saturated carbocycles. The van der Waals surface area contributed by atoms with Crippen molar-refractivity contribution in [1.82, 2.24) is 13.8 Å². The molecular formula is C18H27N3O3S. The van der Waals surface area contributed by atoms with E-state index in [4.69, 9.17) is 0 Å². The number of hydrogen-bond donors (Lipinski definition) is 0. The Hall–Kier alpha value is -1.34. The molecule has 3 fully saturated rings. The summed E-state index contributed by atoms with van der Waals surface area (Å²) in [4.78, 5) is 15.1. The predicted octanol–water partition coefficient (Wildman–Crippen LogP) is 2.07. The maximum Gasteiger partial charge on any atom is 0.270 e. The van der Waals surface area contributed by atoms with Gasteiger partial charge in [0.25, 0.3) is 5.91 Å². The highest BCUT2D eigenvalue weighted by atomic mass is 32.2. The van der Waals surface area contributed by atoms with Crippen LogP contribution in [0, 0.1) is 11.8 Å². The van der Waals surface area contributed by atoms with Gasteiger partial charge >= 0.3 is 0 Å². The summed E-state index contributed by atoms with van der Waals surface area (Å²) in [7, 11) is 0.151. The summed E-state index contributed by atoms with van der Waals surface area (Å²) in [6.45, 7) is 1.15. The molecule has 0 atom stereocenters. The lowest BCUT2D eigenvalue weighted by Gasteiger charge is -2.28. The Morgan fingerprint density at radius 1 is 1.16 bits per heavy atom. The second-order valence-electron chi connectivity index (χ2n) is 7.86. The van der Waals surface area contributed by atoms with Crippen molar-refractivity contribution in [1.29, 1.82) is 0 Å². The smallest absolute Gasteiger partial charge is 0.270 e. The van der Waals surface area contributed by atoms with Crippen LogP contribution in [-0.2, 0) is 17.1 Å². The normalized spacial score (nSPS) is 21.9. The Bertz CT molecular complexity index is 759. The van der Waals surface area contributed by atoms with Crippen molar-refractivity contribution in [2.45, 2.75) is 49.5 Å². The zero-order valence-electron chi connectivity index (χ0n) is 15.0. The van der Waals surface area contributed by atoms with Gasteiger partial charge in [-0.2, -0.15) is 4.31 Å². The molecule has 0 bridgehead atoms. The van der Waals surface area contributed by atoms with Gasteiger partial charge in [-0.05, 0) is 56.4 Å². The number of nitrogens with zero attached hydrogens (tertiary/aromatic N) is 3. The van der Waals surface area contributed by atoms with Crippen LogP contribution >= 0.6 is 0 Å². The third-order valence-electron chi connectivity index (χ3n) is 5.88. The second-order valence-corrected chi connectivity index (χ2v) is 9.80. The first kappa shape index (κ1) is 17.1. The molecular weight excluding hydrogens is 338 g/mol. The Morgan fingerprint density at radius 3 is 2.24 bits per heavy atom. The molecule has 1 saturated heterocycles. The van der Waals surface area contributed by atoms with Crippen molar-refractivity contribution in [3.8, 4) is 0 Å². The lowest BCUT2D eigenvalue weighted by Crippen LogP contribution is -2.40. The number of sulfonamides is 1. The van der Waals surface area contributed by atoms with E-state index in [1.165, 1.54) is 30.0 Å². The Balaban J connectivity index is 1.58. The van der Waals surface area contributed by atoms with Crippen LogP contribution in [0.15, 0.2) is 17.2 Å². The van der Waals surface area contributed by atoms with Crippen molar-refractivity contribution in [2.75, 3.05) is 20.1 Å². The van der Waals surface area contributed by atoms with Crippen LogP contribution in [0.1, 0.15) is 49.0 Å². The summed E-state index contributed by atoms with van der Waals surface area (Å²) < 4.78 is 28.7. The molecule has 7 heteroatoms. The molecule has 0 unspecified atom stereocenters. The predicted molar refractivity (Wildman–Crippen MR) is 94.7 cm³/mol. The first-order valence-corrected chi connectivity index (χ1v) is 10.8. The quantitative estimate of drug-likeness (QED) is 0.775. The summed E-state index contributed by atoms with van der Waals surface area (Å²) in [5, 5.41) is 0. The number of aryl methyl sites for hydroxylation is 1. The Kier molecular flexibility index (Phi) is 4.19. The molecule has 1 aliphatic heterocycles. The standard InChI is InChI=1S/C18H27N3O3S/c1-19-12-15(25(23,24)21-9-3-4-10-21)11-16(19)18(22)20(2)17(13-5-6-13)14-7-8-14/h11-14,17H,3-10H2,1-2H3. The molecule has 0 aromatic carbocycles. The fraction of sp³-hybridized carbons (Fsp3) is 0.722. The molecule has 4 rings (SSSR count). The number of rotatable bonds is 6. The molecule has 138 valence electrons. The van der Waals surface area contributed by atoms with Gasteiger partial charge in [0, 0.05) is 39.4 Å². The topological polar surface area (TPSA) is 62.6 Å². The maximum absolute atomic E-state index is 13.0. The molecule has 0 spiro atoms. The van der Waals surface area contributed by atoms with Crippen LogP contribution in [0.5, 0.6) is 0 Å². The minimum atomic E-state index is -3.49. The molecule has 2 aliphatic carbocycles. The van der Waals surface area contributed by atoms with E-state index in [2.05, 4.69) is 0 Å². The largest absolute Gasteiger partial charge is 0.345 e. The number of carbonyl (C=O) groups excluding carboxylic acids is 1. The second kappa shape index (κ2) is 6.13. The average Bonchev–Trinajstić information content (AvgIpc) is 3.49. The fourth-order valence-corrected chi connectivity index (χ4v) is 5.76. The van der Waals surface area contributed by atoms with Gasteiger partial charge in [-0.25, -0.2) is 8.42 Å². The Labute approximate surface area is 149 Å². The summed E-state index contributed by atoms with van der Waals surface area (Å²) >= 11 is 0. The van der Waals surface area contributed by atoms with Gasteiger partial charge in [0.15, 0.2) is 0 Å². The van der Waals surface area contributed by atoms with Crippen molar-refractivity contribution in [3.63, 3.8) is 0 Å². The van der Waals surface area contributed by atoms with Crippen LogP contribution < -0.4 is 0 Å². The highest BCUT2D eigenvalue weighted by molar-refractivity contribution is 7.89. The monoisotopic (exact) mass is 365 g/mol. The highest BCUT2D eigenvalue weighted by Gasteiger charge is 2.45. The highest BCUT2D eigenvalue weighted by Crippen LogP contribution is 2.47. The van der Waals surface area contributed by atoms with Gasteiger partial charge in [0.2, 0.25) is 10.0 Å². The SMILES string of the molecule is CN(C(=O)c1cc(S(=O)(=O)N2CCCC2)cn1C)C(C1CC1)C1CC1. The van der Waals surface area contributed by atoms with E-state index in [1.54, 1.807) is 23.9 Å². The van der Waals surface area contributed by atoms with Gasteiger partial charge in [-0.15, -0.1) is 0 Å². The Morgan fingerprint density at radius 2 is 1.72 bits per heavy atom. The van der Waals surface area contributed by atoms with E-state index in [0.717, 1.165) is 12.8 Å². The molecule has 6 nitrogen and oxygen atoms in total. The van der Waals surface area contributed by atoms with Crippen LogP contribution in [0.3, 0.4) is 0 Å². The summed E-state index contributed by atoms with van der Waals surface area (Å²) in [6.07, 6.45) is 8.23. The van der Waals surface area contributed by atoms with E-state index in [1.807, 2.05) is 11.9 Å². The lowest BCUT2D eigenvalue weighted by atomic mass is 10.1. The van der Waals surface area contributed by atoms with Crippen molar-refractivity contribution < 1.29 is 13.2 Å². The van der Waals surface area contributed by atoms with Crippen molar-refractivity contribution in [2.24, 2.45) is 18.9 Å². The molecule has 25 heavy (non-hydrogen) atoms. The van der Waals surface area contributed by atoms with Gasteiger partial charge in [0.05, 0.1) is 0 Å². The molecule has 1 aromatic rings. The number of hydrogen-bond acceptors (Lipinski definition) is 3. The zero-order chi connectivity index (χ0) is 17.8. The van der Waals surface area contributed by atoms with Crippen LogP contribution in [0.4, 0.5) is 0 Å². The zero-order valence-corrected chi connectivity index (χ0v) is 15.8. The molecule has 1 amide bonds. The van der Waals surface area contributed by atoms with Crippen molar-refractivity contribution >= 4 is 15.9 Å². The minimum absolute atomic E-state index is 0.0610. The molecule has 1 aromatic heterocycles. The maximum atomic E-state index is 13.0. The molecule has 2 heterocycles. The summed E-state index contributed by atoms with van der Waals surface area (Å²) in [5.41, 5.74) is 0.464. The van der Waals surface area contributed by atoms with Crippen molar-refractivity contribution in [3.05, 3.63) is 18.0 Å². The summed E-state index contributed by atoms with van der Waals surface area (Å²) in [5.74, 6) is 1.21. The van der Waals surface area contributed by atoms with Gasteiger partial charge in [0.1, 0.15) is 10.6 Å². The van der Waals surface area contributed by atoms with E-state index in [9.17, 15) is 13.2 Å². The first-order valence-electron chi connectivity index (χ1n) is 9.33. The molecule has 0 radical (unpaired) electrons. The van der Waals surface area contributed by atoms with E-state index in [-0.39, 0.29) is 10.8 Å². The van der Waals surface area contributed by atoms with E-state index in [0.29, 0.717) is 36.7 Å². The van der Waals surface area contributed by atoms with Crippen LogP contribution in [-0.4, -0.2) is 54.3 Å². The lowest BCUT2D eigenvalue weighted by molar-refractivity contribution is 0.0680.